The van der Waals surface area contributed by atoms with E-state index in [-0.39, 0.29) is 134 Å². The van der Waals surface area contributed by atoms with Gasteiger partial charge in [-0.15, -0.1) is 0 Å². The molecular weight excluding hydrogens is 961 g/mol. The van der Waals surface area contributed by atoms with Crippen molar-refractivity contribution in [3.05, 3.63) is 24.3 Å². The minimum absolute atomic E-state index is 0.0698. The van der Waals surface area contributed by atoms with Gasteiger partial charge in [0.1, 0.15) is 26.4 Å². The molecule has 2 saturated carbocycles. The highest BCUT2D eigenvalue weighted by Crippen LogP contribution is 2.47. The molecule has 6 atom stereocenters. The lowest BCUT2D eigenvalue weighted by Crippen LogP contribution is -2.50. The highest BCUT2D eigenvalue weighted by molar-refractivity contribution is 5.87. The Morgan fingerprint density at radius 2 is 0.770 bits per heavy atom. The third-order valence-electron chi connectivity index (χ3n) is 13.1. The molecule has 0 aliphatic heterocycles. The molecule has 0 radical (unpaired) electrons. The molecule has 6 unspecified atom stereocenters. The van der Waals surface area contributed by atoms with Crippen molar-refractivity contribution in [1.29, 1.82) is 0 Å². The summed E-state index contributed by atoms with van der Waals surface area (Å²) in [5.74, 6) is -1.50. The van der Waals surface area contributed by atoms with Crippen LogP contribution in [-0.4, -0.2) is 126 Å². The molecular formula is C54H90N4O16. The zero-order chi connectivity index (χ0) is 55.5. The standard InChI is InChI=1S/C54H90N4O16/c1-37(2)45(61)69-25-27-73-47(63)55-35-53(11)31-41(29-51(7,8)33-53)57-49(65)71-23-19-39(5)17-21-67-43(59)15-13-14-16-44(60)68-22-18-40(6)20-24-72-50(66)58-42-30-52(9,10)34-54(12,32-42)36-56-48(64)74-28-26-70-46(62)38(3)4/h39-42H,1,3,13-36H2,2,4-12H3,(H,55,63)(H,56,64)(H,57,65)(H,58,66). The van der Waals surface area contributed by atoms with Gasteiger partial charge < -0.3 is 59.2 Å². The summed E-state index contributed by atoms with van der Waals surface area (Å²) in [7, 11) is 0. The zero-order valence-corrected chi connectivity index (χ0v) is 46.2. The third-order valence-corrected chi connectivity index (χ3v) is 13.1. The lowest BCUT2D eigenvalue weighted by Gasteiger charge is -2.46. The van der Waals surface area contributed by atoms with Gasteiger partial charge in [0.2, 0.25) is 0 Å². The number of hydrogen-bond donors (Lipinski definition) is 4. The average Bonchev–Trinajstić information content (AvgIpc) is 3.27. The Kier molecular flexibility index (Phi) is 27.9. The summed E-state index contributed by atoms with van der Waals surface area (Å²) < 4.78 is 41.9. The van der Waals surface area contributed by atoms with Crippen LogP contribution in [0.1, 0.15) is 159 Å². The van der Waals surface area contributed by atoms with Crippen molar-refractivity contribution in [3.63, 3.8) is 0 Å². The van der Waals surface area contributed by atoms with Gasteiger partial charge in [0, 0.05) is 49.2 Å². The lowest BCUT2D eigenvalue weighted by atomic mass is 9.62. The first-order valence-corrected chi connectivity index (χ1v) is 26.2. The summed E-state index contributed by atoms with van der Waals surface area (Å²) >= 11 is 0. The number of carbonyl (C=O) groups is 8. The molecule has 0 bridgehead atoms. The van der Waals surface area contributed by atoms with Gasteiger partial charge in [0.15, 0.2) is 0 Å². The van der Waals surface area contributed by atoms with E-state index >= 15 is 0 Å². The van der Waals surface area contributed by atoms with Crippen LogP contribution in [0.25, 0.3) is 0 Å². The Hall–Kier alpha value is -5.56. The van der Waals surface area contributed by atoms with Crippen LogP contribution >= 0.6 is 0 Å². The van der Waals surface area contributed by atoms with Gasteiger partial charge in [-0.1, -0.05) is 68.5 Å². The van der Waals surface area contributed by atoms with Crippen LogP contribution in [0.3, 0.4) is 0 Å². The van der Waals surface area contributed by atoms with Gasteiger partial charge >= 0.3 is 48.3 Å². The first-order valence-electron chi connectivity index (χ1n) is 26.2. The molecule has 0 saturated heterocycles. The van der Waals surface area contributed by atoms with Crippen LogP contribution in [0.2, 0.25) is 0 Å². The second-order valence-corrected chi connectivity index (χ2v) is 22.9. The van der Waals surface area contributed by atoms with E-state index < -0.39 is 36.3 Å². The molecule has 4 amide bonds. The highest BCUT2D eigenvalue weighted by Gasteiger charge is 2.43. The molecule has 2 aliphatic carbocycles. The summed E-state index contributed by atoms with van der Waals surface area (Å²) in [4.78, 5) is 97.7. The predicted octanol–water partition coefficient (Wildman–Crippen LogP) is 8.78. The fourth-order valence-electron chi connectivity index (χ4n) is 10.0. The fraction of sp³-hybridized carbons (Fsp3) is 0.778. The van der Waals surface area contributed by atoms with Crippen molar-refractivity contribution in [2.45, 2.75) is 171 Å². The van der Waals surface area contributed by atoms with E-state index in [2.05, 4.69) is 76.0 Å². The van der Waals surface area contributed by atoms with E-state index in [1.165, 1.54) is 13.8 Å². The summed E-state index contributed by atoms with van der Waals surface area (Å²) in [5, 5.41) is 11.6. The average molecular weight is 1050 g/mol. The van der Waals surface area contributed by atoms with Crippen LogP contribution in [0.5, 0.6) is 0 Å². The third kappa shape index (κ3) is 28.8. The number of carbonyl (C=O) groups excluding carboxylic acids is 8. The minimum Gasteiger partial charge on any atom is -0.466 e. The SMILES string of the molecule is C=C(C)C(=O)OCCOC(=O)NCC1(C)CC(NC(=O)OCCC(C)CCOC(=O)CCCCC(=O)OCCC(C)CCOC(=O)NC2CC(C)(C)CC(C)(CNC(=O)OCCOC(=O)C(=C)C)C2)CC(C)(C)C1. The number of hydrogen-bond acceptors (Lipinski definition) is 16. The maximum atomic E-state index is 12.8. The van der Waals surface area contributed by atoms with Crippen molar-refractivity contribution >= 4 is 48.3 Å². The smallest absolute Gasteiger partial charge is 0.407 e. The van der Waals surface area contributed by atoms with E-state index in [1.54, 1.807) is 0 Å². The van der Waals surface area contributed by atoms with Crippen LogP contribution in [0.4, 0.5) is 19.2 Å². The number of ether oxygens (including phenoxy) is 8. The van der Waals surface area contributed by atoms with E-state index in [0.717, 1.165) is 25.7 Å². The molecule has 2 aliphatic rings. The normalized spacial score (nSPS) is 21.4. The number of rotatable bonds is 31. The monoisotopic (exact) mass is 1050 g/mol. The summed E-state index contributed by atoms with van der Waals surface area (Å²) in [6.45, 7) is 28.0. The molecule has 0 aromatic rings. The summed E-state index contributed by atoms with van der Waals surface area (Å²) in [6.07, 6.45) is 5.90. The van der Waals surface area contributed by atoms with Gasteiger partial charge in [-0.25, -0.2) is 28.8 Å². The second kappa shape index (κ2) is 32.0. The van der Waals surface area contributed by atoms with Crippen molar-refractivity contribution in [2.75, 3.05) is 65.9 Å². The summed E-state index contributed by atoms with van der Waals surface area (Å²) in [5.41, 5.74) is -0.315. The molecule has 4 N–H and O–H groups in total. The van der Waals surface area contributed by atoms with Gasteiger partial charge in [-0.05, 0) is 124 Å². The first kappa shape index (κ1) is 64.6. The van der Waals surface area contributed by atoms with Crippen LogP contribution < -0.4 is 21.3 Å². The minimum atomic E-state index is -0.615. The molecule has 0 aromatic heterocycles. The Morgan fingerprint density at radius 1 is 0.459 bits per heavy atom. The molecule has 0 aromatic carbocycles. The molecule has 2 fully saturated rings. The van der Waals surface area contributed by atoms with Crippen LogP contribution in [0.15, 0.2) is 24.3 Å². The number of amides is 4. The topological polar surface area (TPSA) is 259 Å². The Bertz CT molecular complexity index is 1760. The molecule has 2 rings (SSSR count). The maximum absolute atomic E-state index is 12.8. The number of esters is 4. The predicted molar refractivity (Wildman–Crippen MR) is 275 cm³/mol. The van der Waals surface area contributed by atoms with Gasteiger partial charge in [0.25, 0.3) is 0 Å². The largest absolute Gasteiger partial charge is 0.466 e. The second-order valence-electron chi connectivity index (χ2n) is 22.9. The van der Waals surface area contributed by atoms with Gasteiger partial charge in [-0.2, -0.15) is 0 Å². The van der Waals surface area contributed by atoms with Crippen molar-refractivity contribution in [2.24, 2.45) is 33.5 Å². The lowest BCUT2D eigenvalue weighted by molar-refractivity contribution is -0.146. The first-order chi connectivity index (χ1) is 34.6. The summed E-state index contributed by atoms with van der Waals surface area (Å²) in [6, 6.07) is -0.315. The molecule has 0 heterocycles. The Morgan fingerprint density at radius 3 is 1.11 bits per heavy atom. The van der Waals surface area contributed by atoms with E-state index in [4.69, 9.17) is 37.9 Å². The molecule has 74 heavy (non-hydrogen) atoms. The number of nitrogens with one attached hydrogen (secondary N) is 4. The van der Waals surface area contributed by atoms with Crippen LogP contribution in [0, 0.1) is 33.5 Å². The van der Waals surface area contributed by atoms with Crippen molar-refractivity contribution < 1.29 is 76.3 Å². The van der Waals surface area contributed by atoms with E-state index in [0.29, 0.717) is 64.5 Å². The van der Waals surface area contributed by atoms with Crippen LogP contribution in [-0.2, 0) is 57.1 Å². The van der Waals surface area contributed by atoms with Crippen molar-refractivity contribution in [1.82, 2.24) is 21.3 Å². The number of unbranched alkanes of at least 4 members (excludes halogenated alkanes) is 1. The van der Waals surface area contributed by atoms with Gasteiger partial charge in [0.05, 0.1) is 26.4 Å². The zero-order valence-electron chi connectivity index (χ0n) is 46.2. The Balaban J connectivity index is 1.53. The molecule has 0 spiro atoms. The Labute approximate surface area is 439 Å². The quantitative estimate of drug-likeness (QED) is 0.0219. The number of alkyl carbamates (subject to hydrolysis) is 4. The molecule has 20 nitrogen and oxygen atoms in total. The van der Waals surface area contributed by atoms with E-state index in [1.807, 2.05) is 13.8 Å². The van der Waals surface area contributed by atoms with Gasteiger partial charge in [-0.3, -0.25) is 9.59 Å². The fourth-order valence-corrected chi connectivity index (χ4v) is 10.0. The molecule has 422 valence electrons. The maximum Gasteiger partial charge on any atom is 0.407 e. The highest BCUT2D eigenvalue weighted by atomic mass is 16.6. The molecule has 20 heteroatoms. The van der Waals surface area contributed by atoms with E-state index in [9.17, 15) is 38.4 Å². The van der Waals surface area contributed by atoms with Crippen molar-refractivity contribution in [3.8, 4) is 0 Å².